The van der Waals surface area contributed by atoms with Gasteiger partial charge in [-0.05, 0) is 37.5 Å². The molecular formula is C15H21N3O3. The number of carbonyl (C=O) groups excluding carboxylic acids is 2. The van der Waals surface area contributed by atoms with Crippen molar-refractivity contribution in [3.8, 4) is 0 Å². The summed E-state index contributed by atoms with van der Waals surface area (Å²) < 4.78 is 0. The highest BCUT2D eigenvalue weighted by Crippen LogP contribution is 2.26. The van der Waals surface area contributed by atoms with E-state index in [4.69, 9.17) is 5.73 Å². The molecule has 0 radical (unpaired) electrons. The summed E-state index contributed by atoms with van der Waals surface area (Å²) in [6, 6.07) is 6.02. The van der Waals surface area contributed by atoms with Gasteiger partial charge in [0, 0.05) is 24.3 Å². The summed E-state index contributed by atoms with van der Waals surface area (Å²) in [5, 5.41) is 12.6. The quantitative estimate of drug-likeness (QED) is 0.788. The molecule has 0 unspecified atom stereocenters. The average Bonchev–Trinajstić information content (AvgIpc) is 2.47. The molecule has 0 spiro atoms. The number of urea groups is 1. The summed E-state index contributed by atoms with van der Waals surface area (Å²) >= 11 is 0. The average molecular weight is 291 g/mol. The number of hydrogen-bond donors (Lipinski definition) is 3. The summed E-state index contributed by atoms with van der Waals surface area (Å²) in [6.45, 7) is 3.03. The second-order valence-electron chi connectivity index (χ2n) is 5.44. The third-order valence-corrected chi connectivity index (χ3v) is 4.02. The van der Waals surface area contributed by atoms with Gasteiger partial charge in [0.15, 0.2) is 0 Å². The van der Waals surface area contributed by atoms with Gasteiger partial charge >= 0.3 is 6.03 Å². The Balaban J connectivity index is 2.05. The van der Waals surface area contributed by atoms with Gasteiger partial charge in [-0.1, -0.05) is 13.0 Å². The van der Waals surface area contributed by atoms with Gasteiger partial charge in [0.2, 0.25) is 0 Å². The number of anilines is 1. The van der Waals surface area contributed by atoms with Gasteiger partial charge in [-0.25, -0.2) is 4.79 Å². The third kappa shape index (κ3) is 3.72. The van der Waals surface area contributed by atoms with Crippen molar-refractivity contribution in [3.05, 3.63) is 29.8 Å². The lowest BCUT2D eigenvalue weighted by Crippen LogP contribution is -2.46. The Kier molecular flexibility index (Phi) is 4.47. The molecule has 1 aromatic rings. The summed E-state index contributed by atoms with van der Waals surface area (Å²) in [7, 11) is 0. The molecule has 1 fully saturated rings. The lowest BCUT2D eigenvalue weighted by atomic mass is 9.89. The van der Waals surface area contributed by atoms with Crippen molar-refractivity contribution < 1.29 is 14.7 Å². The molecule has 6 heteroatoms. The van der Waals surface area contributed by atoms with Crippen LogP contribution in [-0.2, 0) is 0 Å². The monoisotopic (exact) mass is 291 g/mol. The first-order chi connectivity index (χ1) is 9.93. The molecule has 4 N–H and O–H groups in total. The molecule has 21 heavy (non-hydrogen) atoms. The van der Waals surface area contributed by atoms with Gasteiger partial charge in [0.1, 0.15) is 0 Å². The maximum Gasteiger partial charge on any atom is 0.316 e. The lowest BCUT2D eigenvalue weighted by Gasteiger charge is -2.37. The number of benzene rings is 1. The lowest BCUT2D eigenvalue weighted by molar-refractivity contribution is -0.0193. The number of nitrogens with two attached hydrogens (primary N) is 1. The number of nitrogens with zero attached hydrogens (tertiary/aromatic N) is 1. The van der Waals surface area contributed by atoms with Crippen molar-refractivity contribution >= 4 is 17.6 Å². The van der Waals surface area contributed by atoms with Crippen molar-refractivity contribution in [2.75, 3.05) is 18.4 Å². The zero-order valence-corrected chi connectivity index (χ0v) is 12.1. The molecular weight excluding hydrogens is 270 g/mol. The van der Waals surface area contributed by atoms with Gasteiger partial charge in [-0.2, -0.15) is 0 Å². The van der Waals surface area contributed by atoms with Crippen LogP contribution in [0.25, 0.3) is 0 Å². The minimum absolute atomic E-state index is 0.0960. The Labute approximate surface area is 123 Å². The molecule has 0 atom stereocenters. The standard InChI is InChI=1S/C15H21N3O3/c1-2-15(21)6-8-18(9-7-15)13(19)11-4-3-5-12(10-11)17-14(16)20/h3-5,10,21H,2,6-9H2,1H3,(H3,16,17,20). The highest BCUT2D eigenvalue weighted by molar-refractivity contribution is 5.96. The predicted octanol–water partition coefficient (Wildman–Crippen LogP) is 1.55. The molecule has 0 bridgehead atoms. The van der Waals surface area contributed by atoms with Crippen molar-refractivity contribution in [2.24, 2.45) is 5.73 Å². The molecule has 0 aliphatic carbocycles. The maximum absolute atomic E-state index is 12.4. The summed E-state index contributed by atoms with van der Waals surface area (Å²) in [6.07, 6.45) is 1.88. The second-order valence-corrected chi connectivity index (χ2v) is 5.44. The molecule has 0 aromatic heterocycles. The number of likely N-dealkylation sites (tertiary alicyclic amines) is 1. The second kappa shape index (κ2) is 6.13. The first-order valence-corrected chi connectivity index (χ1v) is 7.12. The zero-order chi connectivity index (χ0) is 15.5. The van der Waals surface area contributed by atoms with Crippen LogP contribution >= 0.6 is 0 Å². The van der Waals surface area contributed by atoms with E-state index in [1.807, 2.05) is 6.92 Å². The molecule has 1 aromatic carbocycles. The number of carbonyl (C=O) groups is 2. The van der Waals surface area contributed by atoms with Crippen molar-refractivity contribution in [2.45, 2.75) is 31.8 Å². The highest BCUT2D eigenvalue weighted by Gasteiger charge is 2.32. The SMILES string of the molecule is CCC1(O)CCN(C(=O)c2cccc(NC(N)=O)c2)CC1. The fraction of sp³-hybridized carbons (Fsp3) is 0.467. The highest BCUT2D eigenvalue weighted by atomic mass is 16.3. The number of aliphatic hydroxyl groups is 1. The first kappa shape index (κ1) is 15.3. The van der Waals surface area contributed by atoms with Crippen molar-refractivity contribution in [1.82, 2.24) is 4.90 Å². The number of nitrogens with one attached hydrogen (secondary N) is 1. The normalized spacial score (nSPS) is 17.3. The van der Waals surface area contributed by atoms with Gasteiger partial charge in [0.05, 0.1) is 5.60 Å². The van der Waals surface area contributed by atoms with E-state index in [-0.39, 0.29) is 5.91 Å². The smallest absolute Gasteiger partial charge is 0.316 e. The number of hydrogen-bond acceptors (Lipinski definition) is 3. The first-order valence-electron chi connectivity index (χ1n) is 7.12. The molecule has 1 aliphatic heterocycles. The van der Waals surface area contributed by atoms with E-state index < -0.39 is 11.6 Å². The molecule has 3 amide bonds. The van der Waals surface area contributed by atoms with Crippen LogP contribution in [-0.4, -0.2) is 40.6 Å². The van der Waals surface area contributed by atoms with E-state index in [1.54, 1.807) is 29.2 Å². The van der Waals surface area contributed by atoms with Crippen molar-refractivity contribution in [1.29, 1.82) is 0 Å². The zero-order valence-electron chi connectivity index (χ0n) is 12.1. The van der Waals surface area contributed by atoms with Gasteiger partial charge < -0.3 is 21.1 Å². The molecule has 0 saturated carbocycles. The van der Waals surface area contributed by atoms with Gasteiger partial charge in [0.25, 0.3) is 5.91 Å². The summed E-state index contributed by atoms with van der Waals surface area (Å²) in [4.78, 5) is 25.0. The molecule has 6 nitrogen and oxygen atoms in total. The topological polar surface area (TPSA) is 95.7 Å². The fourth-order valence-corrected chi connectivity index (χ4v) is 2.53. The predicted molar refractivity (Wildman–Crippen MR) is 80.0 cm³/mol. The number of primary amides is 1. The molecule has 1 heterocycles. The van der Waals surface area contributed by atoms with E-state index in [0.717, 1.165) is 0 Å². The largest absolute Gasteiger partial charge is 0.390 e. The van der Waals surface area contributed by atoms with Crippen LogP contribution in [0.1, 0.15) is 36.5 Å². The van der Waals surface area contributed by atoms with E-state index in [9.17, 15) is 14.7 Å². The van der Waals surface area contributed by atoms with Gasteiger partial charge in [-0.15, -0.1) is 0 Å². The Bertz CT molecular complexity index is 537. The van der Waals surface area contributed by atoms with Crippen LogP contribution < -0.4 is 11.1 Å². The van der Waals surface area contributed by atoms with E-state index in [2.05, 4.69) is 5.32 Å². The van der Waals surface area contributed by atoms with Crippen LogP contribution in [0.2, 0.25) is 0 Å². The van der Waals surface area contributed by atoms with Crippen LogP contribution in [0.4, 0.5) is 10.5 Å². The third-order valence-electron chi connectivity index (χ3n) is 4.02. The Morgan fingerprint density at radius 1 is 1.38 bits per heavy atom. The van der Waals surface area contributed by atoms with E-state index >= 15 is 0 Å². The van der Waals surface area contributed by atoms with Crippen LogP contribution in [0.5, 0.6) is 0 Å². The number of rotatable bonds is 3. The van der Waals surface area contributed by atoms with E-state index in [0.29, 0.717) is 43.6 Å². The maximum atomic E-state index is 12.4. The minimum Gasteiger partial charge on any atom is -0.390 e. The van der Waals surface area contributed by atoms with E-state index in [1.165, 1.54) is 0 Å². The Morgan fingerprint density at radius 3 is 2.62 bits per heavy atom. The summed E-state index contributed by atoms with van der Waals surface area (Å²) in [5.41, 5.74) is 5.42. The molecule has 2 rings (SSSR count). The van der Waals surface area contributed by atoms with Crippen molar-refractivity contribution in [3.63, 3.8) is 0 Å². The number of amides is 3. The van der Waals surface area contributed by atoms with Crippen LogP contribution in [0, 0.1) is 0 Å². The van der Waals surface area contributed by atoms with Crippen LogP contribution in [0.15, 0.2) is 24.3 Å². The van der Waals surface area contributed by atoms with Crippen LogP contribution in [0.3, 0.4) is 0 Å². The number of piperidine rings is 1. The minimum atomic E-state index is -0.661. The van der Waals surface area contributed by atoms with Gasteiger partial charge in [-0.3, -0.25) is 4.79 Å². The molecule has 1 saturated heterocycles. The Morgan fingerprint density at radius 2 is 2.05 bits per heavy atom. The molecule has 114 valence electrons. The molecule has 1 aliphatic rings. The fourth-order valence-electron chi connectivity index (χ4n) is 2.53. The summed E-state index contributed by atoms with van der Waals surface area (Å²) in [5.74, 6) is -0.0960. The Hall–Kier alpha value is -2.08.